The van der Waals surface area contributed by atoms with E-state index in [0.29, 0.717) is 0 Å². The molecule has 0 atom stereocenters. The van der Waals surface area contributed by atoms with Crippen LogP contribution in [0, 0.1) is 6.92 Å². The topological polar surface area (TPSA) is 13.1 Å². The third-order valence-corrected chi connectivity index (χ3v) is 3.76. The molecule has 4 rings (SSSR count). The maximum absolute atomic E-state index is 5.86. The summed E-state index contributed by atoms with van der Waals surface area (Å²) in [6.07, 6.45) is 0. The Morgan fingerprint density at radius 2 is 1.27 bits per heavy atom. The third kappa shape index (κ3) is 2.50. The van der Waals surface area contributed by atoms with E-state index in [-0.39, 0.29) is 0 Å². The average molecular weight is 288 g/mol. The second kappa shape index (κ2) is 6.07. The van der Waals surface area contributed by atoms with Gasteiger partial charge in [-0.15, -0.1) is 0 Å². The second-order valence-corrected chi connectivity index (χ2v) is 5.18. The zero-order chi connectivity index (χ0) is 15.5. The monoisotopic (exact) mass is 288 g/mol. The van der Waals surface area contributed by atoms with Gasteiger partial charge in [0.05, 0.1) is 0 Å². The van der Waals surface area contributed by atoms with Gasteiger partial charge < -0.3 is 4.42 Å². The van der Waals surface area contributed by atoms with Crippen molar-refractivity contribution in [1.29, 1.82) is 0 Å². The normalized spacial score (nSPS) is 10.5. The van der Waals surface area contributed by atoms with Crippen molar-refractivity contribution >= 4 is 21.9 Å². The van der Waals surface area contributed by atoms with Crippen molar-refractivity contribution in [1.82, 2.24) is 0 Å². The van der Waals surface area contributed by atoms with E-state index >= 15 is 0 Å². The summed E-state index contributed by atoms with van der Waals surface area (Å²) >= 11 is 0. The van der Waals surface area contributed by atoms with Crippen LogP contribution < -0.4 is 0 Å². The summed E-state index contributed by atoms with van der Waals surface area (Å²) in [6, 6.07) is 23.2. The highest BCUT2D eigenvalue weighted by atomic mass is 16.3. The summed E-state index contributed by atoms with van der Waals surface area (Å²) in [7, 11) is 0. The zero-order valence-electron chi connectivity index (χ0n) is 13.3. The van der Waals surface area contributed by atoms with Gasteiger partial charge in [0.25, 0.3) is 0 Å². The predicted molar refractivity (Wildman–Crippen MR) is 95.2 cm³/mol. The van der Waals surface area contributed by atoms with E-state index in [9.17, 15) is 0 Å². The molecular weight excluding hydrogens is 268 g/mol. The Balaban J connectivity index is 0.000000693. The van der Waals surface area contributed by atoms with E-state index < -0.39 is 0 Å². The largest absolute Gasteiger partial charge is 0.456 e. The maximum Gasteiger partial charge on any atom is 0.135 e. The van der Waals surface area contributed by atoms with Crippen molar-refractivity contribution < 1.29 is 4.42 Å². The average Bonchev–Trinajstić information content (AvgIpc) is 2.95. The van der Waals surface area contributed by atoms with E-state index in [1.807, 2.05) is 26.0 Å². The molecule has 0 aliphatic heterocycles. The fraction of sp³-hybridized carbons (Fsp3) is 0.143. The Labute approximate surface area is 131 Å². The first-order valence-electron chi connectivity index (χ1n) is 7.79. The van der Waals surface area contributed by atoms with Crippen molar-refractivity contribution in [2.24, 2.45) is 0 Å². The van der Waals surface area contributed by atoms with Crippen LogP contribution in [0.25, 0.3) is 33.1 Å². The molecule has 1 heteroatoms. The Bertz CT molecular complexity index is 898. The highest BCUT2D eigenvalue weighted by Gasteiger charge is 2.07. The van der Waals surface area contributed by atoms with Crippen LogP contribution in [0.5, 0.6) is 0 Å². The molecular formula is C21H20O. The van der Waals surface area contributed by atoms with Gasteiger partial charge in [-0.05, 0) is 36.2 Å². The van der Waals surface area contributed by atoms with E-state index in [0.717, 1.165) is 11.2 Å². The van der Waals surface area contributed by atoms with Crippen molar-refractivity contribution in [3.05, 3.63) is 72.3 Å². The number of furan rings is 1. The summed E-state index contributed by atoms with van der Waals surface area (Å²) in [4.78, 5) is 0. The fourth-order valence-electron chi connectivity index (χ4n) is 2.65. The zero-order valence-corrected chi connectivity index (χ0v) is 13.3. The highest BCUT2D eigenvalue weighted by Crippen LogP contribution is 2.32. The smallest absolute Gasteiger partial charge is 0.135 e. The van der Waals surface area contributed by atoms with Crippen molar-refractivity contribution in [2.45, 2.75) is 20.8 Å². The van der Waals surface area contributed by atoms with Crippen molar-refractivity contribution in [3.63, 3.8) is 0 Å². The fourth-order valence-corrected chi connectivity index (χ4v) is 2.65. The molecule has 0 unspecified atom stereocenters. The molecule has 0 saturated carbocycles. The lowest BCUT2D eigenvalue weighted by atomic mass is 10.0. The summed E-state index contributed by atoms with van der Waals surface area (Å²) < 4.78 is 5.86. The molecule has 110 valence electrons. The Morgan fingerprint density at radius 3 is 2.05 bits per heavy atom. The molecule has 0 amide bonds. The van der Waals surface area contributed by atoms with E-state index in [4.69, 9.17) is 4.42 Å². The minimum atomic E-state index is 0.946. The number of hydrogen-bond donors (Lipinski definition) is 0. The van der Waals surface area contributed by atoms with E-state index in [2.05, 4.69) is 61.5 Å². The van der Waals surface area contributed by atoms with Gasteiger partial charge >= 0.3 is 0 Å². The number of hydrogen-bond acceptors (Lipinski definition) is 1. The van der Waals surface area contributed by atoms with Crippen molar-refractivity contribution in [3.8, 4) is 11.1 Å². The maximum atomic E-state index is 5.86. The first kappa shape index (κ1) is 14.4. The molecule has 1 heterocycles. The lowest BCUT2D eigenvalue weighted by Crippen LogP contribution is -1.78. The molecule has 22 heavy (non-hydrogen) atoms. The lowest BCUT2D eigenvalue weighted by molar-refractivity contribution is 0.669. The SMILES string of the molecule is CC.Cc1ccc(-c2ccc3oc4ccccc4c3c2)cc1. The minimum Gasteiger partial charge on any atom is -0.456 e. The standard InChI is InChI=1S/C19H14O.C2H6/c1-13-6-8-14(9-7-13)15-10-11-19-17(12-15)16-4-2-3-5-18(16)20-19;1-2/h2-12H,1H3;1-2H3. The number of para-hydroxylation sites is 1. The van der Waals surface area contributed by atoms with Crippen molar-refractivity contribution in [2.75, 3.05) is 0 Å². The van der Waals surface area contributed by atoms with Gasteiger partial charge in [-0.1, -0.05) is 67.9 Å². The van der Waals surface area contributed by atoms with E-state index in [1.54, 1.807) is 0 Å². The van der Waals surface area contributed by atoms with Gasteiger partial charge in [0.1, 0.15) is 11.2 Å². The van der Waals surface area contributed by atoms with Crippen LogP contribution >= 0.6 is 0 Å². The first-order chi connectivity index (χ1) is 10.8. The van der Waals surface area contributed by atoms with Crippen LogP contribution in [0.4, 0.5) is 0 Å². The summed E-state index contributed by atoms with van der Waals surface area (Å²) in [6.45, 7) is 6.11. The molecule has 0 N–H and O–H groups in total. The molecule has 3 aromatic carbocycles. The Hall–Kier alpha value is -2.54. The number of aryl methyl sites for hydroxylation is 1. The Morgan fingerprint density at radius 1 is 0.636 bits per heavy atom. The molecule has 0 bridgehead atoms. The van der Waals surface area contributed by atoms with Gasteiger partial charge in [-0.2, -0.15) is 0 Å². The molecule has 4 aromatic rings. The summed E-state index contributed by atoms with van der Waals surface area (Å²) in [5.41, 5.74) is 5.64. The van der Waals surface area contributed by atoms with Gasteiger partial charge in [0.2, 0.25) is 0 Å². The molecule has 0 fully saturated rings. The van der Waals surface area contributed by atoms with Gasteiger partial charge in [-0.3, -0.25) is 0 Å². The van der Waals surface area contributed by atoms with Gasteiger partial charge in [-0.25, -0.2) is 0 Å². The van der Waals surface area contributed by atoms with Gasteiger partial charge in [0.15, 0.2) is 0 Å². The number of benzene rings is 3. The predicted octanol–water partition coefficient (Wildman–Crippen LogP) is 6.59. The Kier molecular flexibility index (Phi) is 3.97. The minimum absolute atomic E-state index is 0.946. The quantitative estimate of drug-likeness (QED) is 0.385. The summed E-state index contributed by atoms with van der Waals surface area (Å²) in [5.74, 6) is 0. The summed E-state index contributed by atoms with van der Waals surface area (Å²) in [5, 5.41) is 2.36. The van der Waals surface area contributed by atoms with Crippen LogP contribution in [0.2, 0.25) is 0 Å². The second-order valence-electron chi connectivity index (χ2n) is 5.18. The lowest BCUT2D eigenvalue weighted by Gasteiger charge is -2.02. The highest BCUT2D eigenvalue weighted by molar-refractivity contribution is 6.06. The van der Waals surface area contributed by atoms with E-state index in [1.165, 1.54) is 27.5 Å². The van der Waals surface area contributed by atoms with Crippen LogP contribution in [0.15, 0.2) is 71.1 Å². The van der Waals surface area contributed by atoms with Gasteiger partial charge in [0, 0.05) is 10.8 Å². The molecule has 0 saturated heterocycles. The number of fused-ring (bicyclic) bond motifs is 3. The molecule has 0 spiro atoms. The third-order valence-electron chi connectivity index (χ3n) is 3.76. The molecule has 1 aromatic heterocycles. The van der Waals surface area contributed by atoms with Crippen LogP contribution in [-0.4, -0.2) is 0 Å². The van der Waals surface area contributed by atoms with Crippen LogP contribution in [-0.2, 0) is 0 Å². The van der Waals surface area contributed by atoms with Crippen LogP contribution in [0.1, 0.15) is 19.4 Å². The molecule has 0 aliphatic carbocycles. The first-order valence-corrected chi connectivity index (χ1v) is 7.79. The molecule has 0 radical (unpaired) electrons. The molecule has 0 aliphatic rings. The number of rotatable bonds is 1. The molecule has 1 nitrogen and oxygen atoms in total. The van der Waals surface area contributed by atoms with Crippen LogP contribution in [0.3, 0.4) is 0 Å².